The summed E-state index contributed by atoms with van der Waals surface area (Å²) in [7, 11) is 6.31. The van der Waals surface area contributed by atoms with E-state index in [1.807, 2.05) is 0 Å². The van der Waals surface area contributed by atoms with Gasteiger partial charge in [0.1, 0.15) is 22.8 Å². The molecule has 0 aliphatic heterocycles. The van der Waals surface area contributed by atoms with Crippen LogP contribution in [0.1, 0.15) is 42.5 Å². The Hall–Kier alpha value is -4.74. The van der Waals surface area contributed by atoms with Gasteiger partial charge in [0.2, 0.25) is 5.78 Å². The van der Waals surface area contributed by atoms with Crippen molar-refractivity contribution in [3.63, 3.8) is 0 Å². The van der Waals surface area contributed by atoms with Crippen LogP contribution in [0.4, 0.5) is 34.6 Å². The van der Waals surface area contributed by atoms with Crippen molar-refractivity contribution in [3.05, 3.63) is 63.4 Å². The third kappa shape index (κ3) is 6.16. The number of carbonyl (C=O) groups is 3. The number of rotatable bonds is 7. The number of thiocarbonyl (C=S) groups is 1. The molecule has 0 bridgehead atoms. The Morgan fingerprint density at radius 1 is 0.980 bits per heavy atom. The van der Waals surface area contributed by atoms with Gasteiger partial charge >= 0.3 is 0 Å². The topological polar surface area (TPSA) is 189 Å². The van der Waals surface area contributed by atoms with Gasteiger partial charge in [0.25, 0.3) is 17.8 Å². The molecule has 3 aliphatic rings. The summed E-state index contributed by atoms with van der Waals surface area (Å²) >= 11 is 5.33. The fraction of sp³-hybridized carbons (Fsp3) is 0.412. The van der Waals surface area contributed by atoms with Crippen molar-refractivity contribution < 1.29 is 52.4 Å². The number of aliphatic hydroxyl groups is 3. The molecule has 0 saturated heterocycles. The minimum absolute atomic E-state index is 0.0185. The van der Waals surface area contributed by atoms with E-state index in [1.165, 1.54) is 25.1 Å². The highest BCUT2D eigenvalue weighted by molar-refractivity contribution is 7.80. The number of phenolic OH excluding ortho intramolecular Hbond substituents is 1. The summed E-state index contributed by atoms with van der Waals surface area (Å²) in [5.74, 6) is -15.0. The van der Waals surface area contributed by atoms with Gasteiger partial charge in [-0.05, 0) is 74.9 Å². The lowest BCUT2D eigenvalue weighted by molar-refractivity contribution is -0.153. The number of nitrogens with two attached hydrogens (primary N) is 1. The Kier molecular flexibility index (Phi) is 9.19. The second-order valence-electron chi connectivity index (χ2n) is 13.7. The fourth-order valence-corrected chi connectivity index (χ4v) is 7.51. The highest BCUT2D eigenvalue weighted by atomic mass is 32.1. The molecule has 17 heteroatoms. The van der Waals surface area contributed by atoms with E-state index in [1.54, 1.807) is 19.0 Å². The second kappa shape index (κ2) is 12.5. The summed E-state index contributed by atoms with van der Waals surface area (Å²) in [6.07, 6.45) is -0.0906. The number of alkyl halides is 4. The number of halogens is 4. The molecular formula is C34H37F4N5O7S. The molecule has 3 aliphatic carbocycles. The van der Waals surface area contributed by atoms with Crippen molar-refractivity contribution in [2.24, 2.45) is 17.6 Å². The number of hydrogen-bond donors (Lipinski definition) is 7. The van der Waals surface area contributed by atoms with Crippen molar-refractivity contribution in [2.75, 3.05) is 43.7 Å². The molecule has 4 atom stereocenters. The molecule has 0 spiro atoms. The fourth-order valence-electron chi connectivity index (χ4n) is 7.28. The van der Waals surface area contributed by atoms with E-state index in [2.05, 4.69) is 10.6 Å². The number of phenols is 1. The first-order valence-corrected chi connectivity index (χ1v) is 16.0. The number of aromatic hydroxyl groups is 1. The van der Waals surface area contributed by atoms with Gasteiger partial charge in [0.15, 0.2) is 16.5 Å². The minimum atomic E-state index is -3.47. The molecule has 1 fully saturated rings. The van der Waals surface area contributed by atoms with E-state index in [0.29, 0.717) is 31.2 Å². The summed E-state index contributed by atoms with van der Waals surface area (Å²) in [5.41, 5.74) is 0.0507. The van der Waals surface area contributed by atoms with Crippen LogP contribution in [0.15, 0.2) is 41.2 Å². The number of benzene rings is 2. The second-order valence-corrected chi connectivity index (χ2v) is 14.1. The quantitative estimate of drug-likeness (QED) is 0.0937. The average molecular weight is 736 g/mol. The number of amides is 1. The Labute approximate surface area is 295 Å². The number of Topliss-reactive ketones (excluding diaryl/α,β-unsaturated/α-hetero) is 2. The van der Waals surface area contributed by atoms with Crippen LogP contribution < -0.4 is 21.3 Å². The van der Waals surface area contributed by atoms with Gasteiger partial charge in [-0.1, -0.05) is 0 Å². The van der Waals surface area contributed by atoms with Gasteiger partial charge < -0.3 is 41.7 Å². The first-order chi connectivity index (χ1) is 23.4. The van der Waals surface area contributed by atoms with E-state index in [0.717, 1.165) is 12.1 Å². The number of hydrogen-bond acceptors (Lipinski definition) is 10. The molecule has 0 radical (unpaired) electrons. The van der Waals surface area contributed by atoms with Gasteiger partial charge in [-0.25, -0.2) is 17.6 Å². The summed E-state index contributed by atoms with van der Waals surface area (Å²) in [5, 5.41) is 51.1. The molecular weight excluding hydrogens is 698 g/mol. The zero-order valence-electron chi connectivity index (χ0n) is 28.4. The minimum Gasteiger partial charge on any atom is -0.508 e. The number of anilines is 3. The van der Waals surface area contributed by atoms with Gasteiger partial charge in [-0.2, -0.15) is 0 Å². The van der Waals surface area contributed by atoms with Crippen LogP contribution in [-0.2, 0) is 32.6 Å². The predicted molar refractivity (Wildman–Crippen MR) is 184 cm³/mol. The summed E-state index contributed by atoms with van der Waals surface area (Å²) in [4.78, 5) is 42.8. The normalized spacial score (nSPS) is 23.5. The number of primary amides is 1. The Balaban J connectivity index is 1.60. The van der Waals surface area contributed by atoms with Gasteiger partial charge in [-0.15, -0.1) is 0 Å². The molecule has 51 heavy (non-hydrogen) atoms. The maximum atomic E-state index is 14.2. The van der Waals surface area contributed by atoms with Crippen molar-refractivity contribution in [2.45, 2.75) is 50.2 Å². The number of aliphatic hydroxyl groups excluding tert-OH is 2. The lowest BCUT2D eigenvalue weighted by Gasteiger charge is -2.50. The monoisotopic (exact) mass is 735 g/mol. The molecule has 12 nitrogen and oxygen atoms in total. The van der Waals surface area contributed by atoms with Crippen molar-refractivity contribution in [3.8, 4) is 5.75 Å². The van der Waals surface area contributed by atoms with Gasteiger partial charge in [-0.3, -0.25) is 19.3 Å². The molecule has 8 N–H and O–H groups in total. The van der Waals surface area contributed by atoms with Crippen LogP contribution in [0.2, 0.25) is 0 Å². The van der Waals surface area contributed by atoms with Crippen molar-refractivity contribution in [1.29, 1.82) is 0 Å². The Morgan fingerprint density at radius 2 is 1.55 bits per heavy atom. The molecule has 0 aromatic heterocycles. The molecule has 5 rings (SSSR count). The largest absolute Gasteiger partial charge is 0.508 e. The number of fused-ring (bicyclic) bond motifs is 3. The van der Waals surface area contributed by atoms with E-state index >= 15 is 0 Å². The summed E-state index contributed by atoms with van der Waals surface area (Å²) in [6, 6.07) is 2.79. The molecule has 1 saturated carbocycles. The third-order valence-corrected chi connectivity index (χ3v) is 9.84. The number of nitrogens with one attached hydrogen (secondary N) is 2. The van der Waals surface area contributed by atoms with Crippen LogP contribution in [-0.4, -0.2) is 87.7 Å². The van der Waals surface area contributed by atoms with Crippen LogP contribution in [0.3, 0.4) is 0 Å². The predicted octanol–water partition coefficient (Wildman–Crippen LogP) is 4.06. The van der Waals surface area contributed by atoms with E-state index in [-0.39, 0.29) is 40.5 Å². The van der Waals surface area contributed by atoms with E-state index in [9.17, 15) is 52.4 Å². The Bertz CT molecular complexity index is 1920. The first-order valence-electron chi connectivity index (χ1n) is 15.6. The summed E-state index contributed by atoms with van der Waals surface area (Å²) in [6.45, 7) is 1.11. The summed E-state index contributed by atoms with van der Waals surface area (Å²) < 4.78 is 56.7. The number of carbonyl (C=O) groups excluding carboxylic acids is 3. The lowest BCUT2D eigenvalue weighted by Crippen LogP contribution is -2.65. The molecule has 0 unspecified atom stereocenters. The van der Waals surface area contributed by atoms with E-state index < -0.39 is 86.8 Å². The van der Waals surface area contributed by atoms with Crippen LogP contribution in [0.5, 0.6) is 5.75 Å². The molecule has 2 aromatic carbocycles. The van der Waals surface area contributed by atoms with Crippen LogP contribution in [0, 0.1) is 11.8 Å². The lowest BCUT2D eigenvalue weighted by atomic mass is 9.57. The van der Waals surface area contributed by atoms with Gasteiger partial charge in [0, 0.05) is 61.9 Å². The highest BCUT2D eigenvalue weighted by Crippen LogP contribution is 2.54. The van der Waals surface area contributed by atoms with Crippen LogP contribution >= 0.6 is 12.2 Å². The van der Waals surface area contributed by atoms with Gasteiger partial charge in [0.05, 0.1) is 17.3 Å². The molecule has 1 amide bonds. The number of ketones is 2. The standard InChI is InChI=1S/C34H37F4N5O7S/c1-32(35,36)14-9-15(33(2,37)38)11-16(10-14)40-31(51)41-19-12-20(42(3)4)17-7-13-8-18-24(43(5)6)27(46)23(30(39)49)29(48)34(18,50)28(47)21(13)26(45)22(17)25(19)44/h9-13,18,24,44-45,48,50H,7-8H2,1-6H3,(H2,39,49)(H2,40,41,51)/t13-,18-,24-,34-/m0/s1. The Morgan fingerprint density at radius 3 is 2.04 bits per heavy atom. The zero-order chi connectivity index (χ0) is 38.3. The van der Waals surface area contributed by atoms with Crippen LogP contribution in [0.25, 0.3) is 5.76 Å². The van der Waals surface area contributed by atoms with Crippen molar-refractivity contribution >= 4 is 57.6 Å². The third-order valence-electron chi connectivity index (χ3n) is 9.63. The maximum absolute atomic E-state index is 14.2. The average Bonchev–Trinajstić information content (AvgIpc) is 2.98. The number of nitrogens with zero attached hydrogens (tertiary/aromatic N) is 2. The first kappa shape index (κ1) is 37.5. The smallest absolute Gasteiger partial charge is 0.270 e. The molecule has 2 aromatic rings. The maximum Gasteiger partial charge on any atom is 0.270 e. The highest BCUT2D eigenvalue weighted by Gasteiger charge is 2.64. The van der Waals surface area contributed by atoms with E-state index in [4.69, 9.17) is 18.0 Å². The zero-order valence-corrected chi connectivity index (χ0v) is 29.2. The number of likely N-dealkylation sites (N-methyl/N-ethyl adjacent to an activating group) is 1. The van der Waals surface area contributed by atoms with Crippen molar-refractivity contribution in [1.82, 2.24) is 4.90 Å². The SMILES string of the molecule is CN(C)c1cc(NC(=S)Nc2cc(C(C)(F)F)cc(C(C)(F)F)c2)c(O)c2c1C[C@H]1C[C@H]3[C@H](N(C)C)C(=O)C(C(N)=O)=C(O)[C@@]3(O)C(=O)C1=C2O. The molecule has 0 heterocycles. The molecule has 274 valence electrons.